The summed E-state index contributed by atoms with van der Waals surface area (Å²) in [6.45, 7) is 0. The maximum atomic E-state index is 13.6. The molecule has 1 aliphatic rings. The normalized spacial score (nSPS) is 13.8. The summed E-state index contributed by atoms with van der Waals surface area (Å²) in [6, 6.07) is 17.9. The molecule has 0 atom stereocenters. The van der Waals surface area contributed by atoms with E-state index in [1.165, 1.54) is 29.2 Å². The topological polar surface area (TPSA) is 94.8 Å². The minimum Gasteiger partial charge on any atom is -0.496 e. The fourth-order valence-electron chi connectivity index (χ4n) is 4.04. The van der Waals surface area contributed by atoms with Crippen molar-refractivity contribution in [3.8, 4) is 17.2 Å². The predicted molar refractivity (Wildman–Crippen MR) is 142 cm³/mol. The third-order valence-corrected chi connectivity index (χ3v) is 7.06. The predicted octanol–water partition coefficient (Wildman–Crippen LogP) is 5.71. The SMILES string of the molecule is COc1cc2c(Oc3ccc(N(C(=O)C4(C(N)=O)CC4)c4ccc(F)cc4)cc3)ccnc2cc1I. The van der Waals surface area contributed by atoms with Gasteiger partial charge in [0.05, 0.1) is 16.2 Å². The second-order valence-electron chi connectivity index (χ2n) is 8.47. The molecule has 0 spiro atoms. The Labute approximate surface area is 220 Å². The first kappa shape index (κ1) is 24.0. The lowest BCUT2D eigenvalue weighted by Crippen LogP contribution is -2.41. The molecular formula is C27H21FIN3O4. The number of fused-ring (bicyclic) bond motifs is 1. The van der Waals surface area contributed by atoms with Crippen LogP contribution in [0.25, 0.3) is 10.9 Å². The number of primary amides is 1. The number of anilines is 2. The molecule has 3 aromatic carbocycles. The van der Waals surface area contributed by atoms with Crippen LogP contribution in [-0.4, -0.2) is 23.9 Å². The highest BCUT2D eigenvalue weighted by Gasteiger charge is 2.57. The van der Waals surface area contributed by atoms with Gasteiger partial charge in [0.2, 0.25) is 11.8 Å². The number of aromatic nitrogens is 1. The molecule has 1 aliphatic carbocycles. The zero-order valence-electron chi connectivity index (χ0n) is 19.2. The molecule has 5 rings (SSSR count). The minimum absolute atomic E-state index is 0.386. The van der Waals surface area contributed by atoms with Gasteiger partial charge in [-0.15, -0.1) is 0 Å². The highest BCUT2D eigenvalue weighted by Crippen LogP contribution is 2.49. The molecular weight excluding hydrogens is 576 g/mol. The molecule has 1 aromatic heterocycles. The van der Waals surface area contributed by atoms with Gasteiger partial charge in [0.1, 0.15) is 28.5 Å². The van der Waals surface area contributed by atoms with E-state index in [-0.39, 0.29) is 0 Å². The summed E-state index contributed by atoms with van der Waals surface area (Å²) in [6.07, 6.45) is 2.44. The van der Waals surface area contributed by atoms with Crippen LogP contribution >= 0.6 is 22.6 Å². The van der Waals surface area contributed by atoms with Gasteiger partial charge in [-0.25, -0.2) is 4.39 Å². The Kier molecular flexibility index (Phi) is 6.25. The highest BCUT2D eigenvalue weighted by atomic mass is 127. The van der Waals surface area contributed by atoms with Gasteiger partial charge in [-0.3, -0.25) is 19.5 Å². The van der Waals surface area contributed by atoms with Crippen molar-refractivity contribution in [1.29, 1.82) is 0 Å². The van der Waals surface area contributed by atoms with E-state index in [4.69, 9.17) is 15.2 Å². The zero-order chi connectivity index (χ0) is 25.4. The number of nitrogens with two attached hydrogens (primary N) is 1. The molecule has 0 aliphatic heterocycles. The number of pyridine rings is 1. The van der Waals surface area contributed by atoms with Crippen molar-refractivity contribution in [3.63, 3.8) is 0 Å². The number of ether oxygens (including phenoxy) is 2. The first-order valence-corrected chi connectivity index (χ1v) is 12.2. The number of hydrogen-bond donors (Lipinski definition) is 1. The molecule has 1 fully saturated rings. The van der Waals surface area contributed by atoms with Gasteiger partial charge in [-0.2, -0.15) is 0 Å². The van der Waals surface area contributed by atoms with Gasteiger partial charge in [0, 0.05) is 23.0 Å². The van der Waals surface area contributed by atoms with Gasteiger partial charge < -0.3 is 15.2 Å². The van der Waals surface area contributed by atoms with Crippen LogP contribution in [0.2, 0.25) is 0 Å². The summed E-state index contributed by atoms with van der Waals surface area (Å²) < 4.78 is 26.1. The smallest absolute Gasteiger partial charge is 0.247 e. The maximum absolute atomic E-state index is 13.6. The fourth-order valence-corrected chi connectivity index (χ4v) is 4.71. The van der Waals surface area contributed by atoms with Gasteiger partial charge in [0.25, 0.3) is 0 Å². The lowest BCUT2D eigenvalue weighted by atomic mass is 10.0. The number of amides is 2. The Morgan fingerprint density at radius 2 is 1.64 bits per heavy atom. The van der Waals surface area contributed by atoms with Crippen LogP contribution in [0, 0.1) is 14.8 Å². The third-order valence-electron chi connectivity index (χ3n) is 6.22. The highest BCUT2D eigenvalue weighted by molar-refractivity contribution is 14.1. The molecule has 4 aromatic rings. The molecule has 1 saturated carbocycles. The summed E-state index contributed by atoms with van der Waals surface area (Å²) in [5.41, 5.74) is 6.02. The van der Waals surface area contributed by atoms with Crippen molar-refractivity contribution < 1.29 is 23.5 Å². The van der Waals surface area contributed by atoms with E-state index in [9.17, 15) is 14.0 Å². The Morgan fingerprint density at radius 3 is 2.22 bits per heavy atom. The van der Waals surface area contributed by atoms with Crippen molar-refractivity contribution in [1.82, 2.24) is 4.98 Å². The molecule has 0 saturated heterocycles. The Bertz CT molecular complexity index is 1470. The van der Waals surface area contributed by atoms with Crippen LogP contribution in [0.4, 0.5) is 15.8 Å². The van der Waals surface area contributed by atoms with Gasteiger partial charge in [0.15, 0.2) is 0 Å². The van der Waals surface area contributed by atoms with Crippen molar-refractivity contribution in [2.24, 2.45) is 11.1 Å². The molecule has 182 valence electrons. The number of nitrogens with zero attached hydrogens (tertiary/aromatic N) is 2. The van der Waals surface area contributed by atoms with E-state index in [1.54, 1.807) is 43.6 Å². The average molecular weight is 597 g/mol. The molecule has 9 heteroatoms. The van der Waals surface area contributed by atoms with E-state index < -0.39 is 23.0 Å². The molecule has 2 N–H and O–H groups in total. The number of halogens is 2. The van der Waals surface area contributed by atoms with Crippen molar-refractivity contribution in [2.75, 3.05) is 12.0 Å². The number of methoxy groups -OCH3 is 1. The largest absolute Gasteiger partial charge is 0.496 e. The number of hydrogen-bond acceptors (Lipinski definition) is 5. The Morgan fingerprint density at radius 1 is 1.00 bits per heavy atom. The number of carbonyl (C=O) groups is 2. The molecule has 0 bridgehead atoms. The van der Waals surface area contributed by atoms with E-state index in [0.29, 0.717) is 41.5 Å². The van der Waals surface area contributed by atoms with Crippen molar-refractivity contribution in [3.05, 3.63) is 82.3 Å². The van der Waals surface area contributed by atoms with Crippen molar-refractivity contribution >= 4 is 56.7 Å². The van der Waals surface area contributed by atoms with Crippen LogP contribution < -0.4 is 20.1 Å². The van der Waals surface area contributed by atoms with Crippen molar-refractivity contribution in [2.45, 2.75) is 12.8 Å². The number of rotatable bonds is 7. The number of benzene rings is 3. The quantitative estimate of drug-likeness (QED) is 0.218. The summed E-state index contributed by atoms with van der Waals surface area (Å²) >= 11 is 2.19. The van der Waals surface area contributed by atoms with E-state index in [0.717, 1.165) is 14.5 Å². The Balaban J connectivity index is 1.48. The molecule has 2 amide bonds. The maximum Gasteiger partial charge on any atom is 0.247 e. The lowest BCUT2D eigenvalue weighted by molar-refractivity contribution is -0.133. The van der Waals surface area contributed by atoms with E-state index in [1.807, 2.05) is 12.1 Å². The second kappa shape index (κ2) is 9.38. The monoisotopic (exact) mass is 597 g/mol. The standard InChI is InChI=1S/C27H21FIN3O4/c1-35-24-14-20-22(15-21(24)29)31-13-10-23(20)36-19-8-6-18(7-9-19)32(17-4-2-16(28)3-5-17)26(34)27(11-12-27)25(30)33/h2-10,13-15H,11-12H2,1H3,(H2,30,33). The lowest BCUT2D eigenvalue weighted by Gasteiger charge is -2.26. The van der Waals surface area contributed by atoms with Crippen LogP contribution in [-0.2, 0) is 9.59 Å². The minimum atomic E-state index is -1.24. The second-order valence-corrected chi connectivity index (χ2v) is 9.63. The summed E-state index contributed by atoms with van der Waals surface area (Å²) in [7, 11) is 1.61. The van der Waals surface area contributed by atoms with E-state index >= 15 is 0 Å². The van der Waals surface area contributed by atoms with Crippen LogP contribution in [0.5, 0.6) is 17.2 Å². The fraction of sp³-hybridized carbons (Fsp3) is 0.148. The molecule has 36 heavy (non-hydrogen) atoms. The van der Waals surface area contributed by atoms with Gasteiger partial charge in [-0.1, -0.05) is 0 Å². The first-order chi connectivity index (χ1) is 17.3. The summed E-state index contributed by atoms with van der Waals surface area (Å²) in [5, 5.41) is 0.791. The average Bonchev–Trinajstić information content (AvgIpc) is 3.69. The molecule has 0 unspecified atom stereocenters. The summed E-state index contributed by atoms with van der Waals surface area (Å²) in [4.78, 5) is 31.3. The first-order valence-electron chi connectivity index (χ1n) is 11.1. The summed E-state index contributed by atoms with van der Waals surface area (Å²) in [5.74, 6) is 0.326. The number of carbonyl (C=O) groups excluding carboxylic acids is 2. The molecule has 7 nitrogen and oxygen atoms in total. The molecule has 1 heterocycles. The van der Waals surface area contributed by atoms with Gasteiger partial charge >= 0.3 is 0 Å². The van der Waals surface area contributed by atoms with E-state index in [2.05, 4.69) is 27.6 Å². The van der Waals surface area contributed by atoms with Gasteiger partial charge in [-0.05, 0) is 102 Å². The zero-order valence-corrected chi connectivity index (χ0v) is 21.4. The van der Waals surface area contributed by atoms with Crippen LogP contribution in [0.3, 0.4) is 0 Å². The third kappa shape index (κ3) is 4.34. The Hall–Kier alpha value is -3.73. The van der Waals surface area contributed by atoms with Crippen LogP contribution in [0.15, 0.2) is 72.9 Å². The molecule has 0 radical (unpaired) electrons. The van der Waals surface area contributed by atoms with Crippen LogP contribution in [0.1, 0.15) is 12.8 Å².